The molecule has 6 heteroatoms. The molecule has 1 aromatic heterocycles. The zero-order chi connectivity index (χ0) is 13.7. The molecule has 0 aliphatic carbocycles. The van der Waals surface area contributed by atoms with Crippen molar-refractivity contribution in [1.29, 1.82) is 0 Å². The summed E-state index contributed by atoms with van der Waals surface area (Å²) in [6.07, 6.45) is 2.84. The number of halogens is 1. The molecule has 0 aromatic carbocycles. The van der Waals surface area contributed by atoms with Crippen molar-refractivity contribution in [3.63, 3.8) is 0 Å². The summed E-state index contributed by atoms with van der Waals surface area (Å²) in [6, 6.07) is 1.72. The van der Waals surface area contributed by atoms with Crippen LogP contribution in [-0.4, -0.2) is 16.5 Å². The fourth-order valence-corrected chi connectivity index (χ4v) is 2.31. The molecule has 1 atom stereocenters. The number of rotatable bonds is 6. The second-order valence-electron chi connectivity index (χ2n) is 4.32. The van der Waals surface area contributed by atoms with Gasteiger partial charge in [-0.1, -0.05) is 31.4 Å². The van der Waals surface area contributed by atoms with Crippen LogP contribution in [0.5, 0.6) is 0 Å². The Kier molecular flexibility index (Phi) is 5.50. The molecule has 1 unspecified atom stereocenters. The third kappa shape index (κ3) is 3.40. The topological polar surface area (TPSA) is 82.0 Å². The molecule has 0 spiro atoms. The van der Waals surface area contributed by atoms with Gasteiger partial charge in [-0.25, -0.2) is 4.98 Å². The van der Waals surface area contributed by atoms with E-state index in [1.807, 2.05) is 0 Å². The summed E-state index contributed by atoms with van der Waals surface area (Å²) in [4.78, 5) is 14.6. The summed E-state index contributed by atoms with van der Waals surface area (Å²) in [5.74, 6) is -0.0375. The maximum Gasteiger partial charge on any atom is 0.309 e. The number of aryl methyl sites for hydroxylation is 1. The van der Waals surface area contributed by atoms with Crippen molar-refractivity contribution >= 4 is 17.3 Å². The normalized spacial score (nSPS) is 12.4. The molecule has 5 nitrogen and oxygen atoms in total. The highest BCUT2D eigenvalue weighted by atomic mass is 35.5. The largest absolute Gasteiger partial charge is 0.330 e. The van der Waals surface area contributed by atoms with Gasteiger partial charge in [0.1, 0.15) is 0 Å². The highest BCUT2D eigenvalue weighted by molar-refractivity contribution is 6.31. The smallest absolute Gasteiger partial charge is 0.309 e. The van der Waals surface area contributed by atoms with E-state index < -0.39 is 4.92 Å². The second kappa shape index (κ2) is 6.66. The molecule has 2 N–H and O–H groups in total. The number of pyridine rings is 1. The van der Waals surface area contributed by atoms with Crippen LogP contribution in [0.2, 0.25) is 5.15 Å². The maximum absolute atomic E-state index is 11.1. The van der Waals surface area contributed by atoms with E-state index in [0.29, 0.717) is 17.8 Å². The summed E-state index contributed by atoms with van der Waals surface area (Å²) >= 11 is 5.87. The molecule has 18 heavy (non-hydrogen) atoms. The van der Waals surface area contributed by atoms with Crippen molar-refractivity contribution in [2.24, 2.45) is 5.73 Å². The predicted molar refractivity (Wildman–Crippen MR) is 72.0 cm³/mol. The van der Waals surface area contributed by atoms with E-state index in [0.717, 1.165) is 19.3 Å². The van der Waals surface area contributed by atoms with E-state index in [-0.39, 0.29) is 16.8 Å². The van der Waals surface area contributed by atoms with E-state index in [9.17, 15) is 10.1 Å². The van der Waals surface area contributed by atoms with Crippen molar-refractivity contribution in [3.8, 4) is 0 Å². The summed E-state index contributed by atoms with van der Waals surface area (Å²) in [6.45, 7) is 4.22. The first-order valence-electron chi connectivity index (χ1n) is 6.02. The molecule has 0 amide bonds. The molecular weight excluding hydrogens is 254 g/mol. The number of nitrogens with two attached hydrogens (primary N) is 1. The van der Waals surface area contributed by atoms with Gasteiger partial charge >= 0.3 is 5.69 Å². The van der Waals surface area contributed by atoms with Gasteiger partial charge in [-0.15, -0.1) is 0 Å². The Hall–Kier alpha value is -1.20. The number of hydrogen-bond acceptors (Lipinski definition) is 4. The molecule has 0 aliphatic heterocycles. The highest BCUT2D eigenvalue weighted by Gasteiger charge is 2.25. The average molecular weight is 272 g/mol. The van der Waals surface area contributed by atoms with E-state index in [1.54, 1.807) is 13.0 Å². The van der Waals surface area contributed by atoms with Crippen LogP contribution in [0.4, 0.5) is 5.69 Å². The summed E-state index contributed by atoms with van der Waals surface area (Å²) in [7, 11) is 0. The van der Waals surface area contributed by atoms with Crippen LogP contribution in [0.15, 0.2) is 6.07 Å². The van der Waals surface area contributed by atoms with Gasteiger partial charge in [0.05, 0.1) is 4.92 Å². The molecule has 0 saturated heterocycles. The van der Waals surface area contributed by atoms with Crippen LogP contribution < -0.4 is 5.73 Å². The molecule has 1 rings (SSSR count). The first-order valence-corrected chi connectivity index (χ1v) is 6.40. The average Bonchev–Trinajstić information content (AvgIpc) is 2.28. The van der Waals surface area contributed by atoms with Crippen LogP contribution in [0.25, 0.3) is 0 Å². The lowest BCUT2D eigenvalue weighted by Crippen LogP contribution is -2.15. The van der Waals surface area contributed by atoms with Crippen molar-refractivity contribution in [3.05, 3.63) is 32.6 Å². The van der Waals surface area contributed by atoms with E-state index in [2.05, 4.69) is 11.9 Å². The summed E-state index contributed by atoms with van der Waals surface area (Å²) in [5.41, 5.74) is 6.91. The lowest BCUT2D eigenvalue weighted by Gasteiger charge is -2.15. The van der Waals surface area contributed by atoms with Crippen LogP contribution in [0, 0.1) is 17.0 Å². The minimum Gasteiger partial charge on any atom is -0.330 e. The number of unbranched alkanes of at least 4 members (excludes halogenated alkanes) is 1. The van der Waals surface area contributed by atoms with Crippen molar-refractivity contribution in [1.82, 2.24) is 4.98 Å². The van der Waals surface area contributed by atoms with E-state index in [4.69, 9.17) is 17.3 Å². The Morgan fingerprint density at radius 3 is 2.78 bits per heavy atom. The molecule has 0 aliphatic rings. The minimum absolute atomic E-state index is 0.0375. The third-order valence-corrected chi connectivity index (χ3v) is 3.18. The lowest BCUT2D eigenvalue weighted by atomic mass is 9.92. The predicted octanol–water partition coefficient (Wildman–Crippen LogP) is 3.18. The molecule has 1 heterocycles. The van der Waals surface area contributed by atoms with Crippen molar-refractivity contribution in [2.75, 3.05) is 6.54 Å². The number of nitro groups is 1. The Morgan fingerprint density at radius 1 is 1.61 bits per heavy atom. The molecule has 0 saturated carbocycles. The SMILES string of the molecule is CCCCC(CN)c1cc(C)nc(Cl)c1[N+](=O)[O-]. The second-order valence-corrected chi connectivity index (χ2v) is 4.68. The van der Waals surface area contributed by atoms with Crippen LogP contribution in [0.3, 0.4) is 0 Å². The van der Waals surface area contributed by atoms with Gasteiger partial charge in [0.2, 0.25) is 5.15 Å². The van der Waals surface area contributed by atoms with Gasteiger partial charge < -0.3 is 5.73 Å². The highest BCUT2D eigenvalue weighted by Crippen LogP contribution is 2.34. The third-order valence-electron chi connectivity index (χ3n) is 2.92. The Bertz CT molecular complexity index is 438. The van der Waals surface area contributed by atoms with Gasteiger partial charge in [-0.3, -0.25) is 10.1 Å². The molecular formula is C12H18ClN3O2. The summed E-state index contributed by atoms with van der Waals surface area (Å²) in [5, 5.41) is 11.0. The minimum atomic E-state index is -0.473. The first kappa shape index (κ1) is 14.9. The molecule has 100 valence electrons. The van der Waals surface area contributed by atoms with Gasteiger partial charge in [-0.2, -0.15) is 0 Å². The van der Waals surface area contributed by atoms with Crippen LogP contribution in [-0.2, 0) is 0 Å². The lowest BCUT2D eigenvalue weighted by molar-refractivity contribution is -0.385. The summed E-state index contributed by atoms with van der Waals surface area (Å²) < 4.78 is 0. The van der Waals surface area contributed by atoms with Crippen molar-refractivity contribution in [2.45, 2.75) is 39.0 Å². The Labute approximate surface area is 112 Å². The van der Waals surface area contributed by atoms with Gasteiger partial charge in [0.25, 0.3) is 0 Å². The molecule has 0 radical (unpaired) electrons. The van der Waals surface area contributed by atoms with Gasteiger partial charge in [-0.05, 0) is 26.0 Å². The van der Waals surface area contributed by atoms with Gasteiger partial charge in [0.15, 0.2) is 0 Å². The standard InChI is InChI=1S/C12H18ClN3O2/c1-3-4-5-9(7-14)10-6-8(2)15-12(13)11(10)16(17)18/h6,9H,3-5,7,14H2,1-2H3. The number of aromatic nitrogens is 1. The fourth-order valence-electron chi connectivity index (χ4n) is 2.00. The zero-order valence-electron chi connectivity index (χ0n) is 10.6. The molecule has 0 fully saturated rings. The number of hydrogen-bond donors (Lipinski definition) is 1. The van der Waals surface area contributed by atoms with E-state index >= 15 is 0 Å². The fraction of sp³-hybridized carbons (Fsp3) is 0.583. The quantitative estimate of drug-likeness (QED) is 0.489. The van der Waals surface area contributed by atoms with Crippen LogP contribution >= 0.6 is 11.6 Å². The van der Waals surface area contributed by atoms with Crippen molar-refractivity contribution < 1.29 is 4.92 Å². The zero-order valence-corrected chi connectivity index (χ0v) is 11.4. The van der Waals surface area contributed by atoms with Gasteiger partial charge in [0, 0.05) is 17.2 Å². The number of nitrogens with zero attached hydrogens (tertiary/aromatic N) is 2. The monoisotopic (exact) mass is 271 g/mol. The Balaban J connectivity index is 3.22. The molecule has 0 bridgehead atoms. The van der Waals surface area contributed by atoms with E-state index in [1.165, 1.54) is 0 Å². The molecule has 1 aromatic rings. The Morgan fingerprint density at radius 2 is 2.28 bits per heavy atom. The maximum atomic E-state index is 11.1. The first-order chi connectivity index (χ1) is 8.51. The van der Waals surface area contributed by atoms with Crippen LogP contribution in [0.1, 0.15) is 43.4 Å².